The topological polar surface area (TPSA) is 41.5 Å². The average Bonchev–Trinajstić information content (AvgIpc) is 2.29. The molecule has 0 spiro atoms. The molecule has 15 heavy (non-hydrogen) atoms. The number of para-hydroxylation sites is 1. The van der Waals surface area contributed by atoms with Gasteiger partial charge >= 0.3 is 0 Å². The first kappa shape index (κ1) is 11.8. The third-order valence-corrected chi connectivity index (χ3v) is 1.99. The van der Waals surface area contributed by atoms with E-state index in [0.717, 1.165) is 17.9 Å². The molecule has 0 saturated heterocycles. The Morgan fingerprint density at radius 1 is 1.40 bits per heavy atom. The summed E-state index contributed by atoms with van der Waals surface area (Å²) in [5.41, 5.74) is 1.06. The summed E-state index contributed by atoms with van der Waals surface area (Å²) in [6.07, 6.45) is 4.01. The van der Waals surface area contributed by atoms with Crippen molar-refractivity contribution in [2.24, 2.45) is 0 Å². The largest absolute Gasteiger partial charge is 0.496 e. The van der Waals surface area contributed by atoms with Crippen molar-refractivity contribution in [1.29, 1.82) is 0 Å². The molecule has 0 saturated carbocycles. The lowest BCUT2D eigenvalue weighted by Crippen LogP contribution is -2.17. The molecule has 0 unspecified atom stereocenters. The minimum Gasteiger partial charge on any atom is -0.496 e. The Labute approximate surface area is 90.4 Å². The van der Waals surface area contributed by atoms with Crippen LogP contribution in [0.5, 0.6) is 5.75 Å². The fraction of sp³-hybridized carbons (Fsp3) is 0.333. The molecule has 0 fully saturated rings. The Morgan fingerprint density at radius 3 is 2.93 bits per heavy atom. The Hall–Kier alpha value is -1.32. The first-order chi connectivity index (χ1) is 7.38. The van der Waals surface area contributed by atoms with Crippen molar-refractivity contribution in [2.45, 2.75) is 0 Å². The van der Waals surface area contributed by atoms with Gasteiger partial charge < -0.3 is 15.2 Å². The number of hydrogen-bond donors (Lipinski definition) is 2. The Kier molecular flexibility index (Phi) is 5.51. The van der Waals surface area contributed by atoms with Crippen LogP contribution in [0.2, 0.25) is 0 Å². The molecule has 0 atom stereocenters. The zero-order valence-electron chi connectivity index (χ0n) is 8.94. The third kappa shape index (κ3) is 4.14. The Morgan fingerprint density at radius 2 is 2.20 bits per heavy atom. The van der Waals surface area contributed by atoms with Crippen LogP contribution in [0.4, 0.5) is 0 Å². The van der Waals surface area contributed by atoms with Crippen LogP contribution in [0.1, 0.15) is 5.56 Å². The zero-order valence-corrected chi connectivity index (χ0v) is 8.94. The molecule has 0 aliphatic rings. The fourth-order valence-corrected chi connectivity index (χ4v) is 1.25. The van der Waals surface area contributed by atoms with Crippen molar-refractivity contribution >= 4 is 6.08 Å². The molecule has 0 aliphatic heterocycles. The van der Waals surface area contributed by atoms with Crippen molar-refractivity contribution < 1.29 is 9.84 Å². The number of benzene rings is 1. The summed E-state index contributed by atoms with van der Waals surface area (Å²) in [4.78, 5) is 0. The second kappa shape index (κ2) is 7.04. The summed E-state index contributed by atoms with van der Waals surface area (Å²) in [5, 5.41) is 11.6. The second-order valence-corrected chi connectivity index (χ2v) is 3.07. The minimum atomic E-state index is 0.169. The van der Waals surface area contributed by atoms with E-state index in [0.29, 0.717) is 6.54 Å². The maximum Gasteiger partial charge on any atom is 0.126 e. The molecule has 0 radical (unpaired) electrons. The average molecular weight is 207 g/mol. The van der Waals surface area contributed by atoms with Gasteiger partial charge in [-0.1, -0.05) is 30.4 Å². The highest BCUT2D eigenvalue weighted by Crippen LogP contribution is 2.18. The van der Waals surface area contributed by atoms with Crippen molar-refractivity contribution in [2.75, 3.05) is 26.8 Å². The number of hydrogen-bond acceptors (Lipinski definition) is 3. The third-order valence-electron chi connectivity index (χ3n) is 1.99. The lowest BCUT2D eigenvalue weighted by atomic mass is 10.2. The molecule has 1 rings (SSSR count). The van der Waals surface area contributed by atoms with Crippen LogP contribution >= 0.6 is 0 Å². The highest BCUT2D eigenvalue weighted by Gasteiger charge is 1.95. The van der Waals surface area contributed by atoms with Gasteiger partial charge in [0.05, 0.1) is 13.7 Å². The lowest BCUT2D eigenvalue weighted by Gasteiger charge is -2.03. The van der Waals surface area contributed by atoms with Crippen LogP contribution in [0, 0.1) is 0 Å². The molecule has 0 aliphatic carbocycles. The standard InChI is InChI=1S/C12H17NO2/c1-15-12-7-3-2-5-11(12)6-4-8-13-9-10-14/h2-7,13-14H,8-10H2,1H3/b6-4+. The van der Waals surface area contributed by atoms with Gasteiger partial charge in [0.1, 0.15) is 5.75 Å². The quantitative estimate of drug-likeness (QED) is 0.691. The number of methoxy groups -OCH3 is 1. The summed E-state index contributed by atoms with van der Waals surface area (Å²) in [6.45, 7) is 1.54. The molecule has 3 heteroatoms. The molecule has 1 aromatic rings. The van der Waals surface area contributed by atoms with E-state index in [-0.39, 0.29) is 6.61 Å². The maximum absolute atomic E-state index is 8.56. The number of aliphatic hydroxyl groups is 1. The first-order valence-corrected chi connectivity index (χ1v) is 4.99. The fourth-order valence-electron chi connectivity index (χ4n) is 1.25. The highest BCUT2D eigenvalue weighted by molar-refractivity contribution is 5.57. The molecule has 3 nitrogen and oxygen atoms in total. The number of ether oxygens (including phenoxy) is 1. The maximum atomic E-state index is 8.56. The van der Waals surface area contributed by atoms with Gasteiger partial charge in [-0.25, -0.2) is 0 Å². The van der Waals surface area contributed by atoms with Crippen molar-refractivity contribution in [3.05, 3.63) is 35.9 Å². The first-order valence-electron chi connectivity index (χ1n) is 4.99. The normalized spacial score (nSPS) is 10.8. The van der Waals surface area contributed by atoms with E-state index in [1.165, 1.54) is 0 Å². The Balaban J connectivity index is 2.48. The molecule has 82 valence electrons. The van der Waals surface area contributed by atoms with E-state index < -0.39 is 0 Å². The van der Waals surface area contributed by atoms with Gasteiger partial charge in [0.2, 0.25) is 0 Å². The van der Waals surface area contributed by atoms with Crippen LogP contribution in [-0.4, -0.2) is 31.9 Å². The van der Waals surface area contributed by atoms with E-state index in [9.17, 15) is 0 Å². The van der Waals surface area contributed by atoms with Gasteiger partial charge in [0.25, 0.3) is 0 Å². The van der Waals surface area contributed by atoms with E-state index in [1.807, 2.05) is 36.4 Å². The summed E-state index contributed by atoms with van der Waals surface area (Å²) in [5.74, 6) is 0.871. The molecule has 1 aromatic carbocycles. The van der Waals surface area contributed by atoms with Gasteiger partial charge in [-0.2, -0.15) is 0 Å². The van der Waals surface area contributed by atoms with Crippen LogP contribution in [0.15, 0.2) is 30.3 Å². The van der Waals surface area contributed by atoms with Crippen LogP contribution in [-0.2, 0) is 0 Å². The van der Waals surface area contributed by atoms with Gasteiger partial charge in [0, 0.05) is 18.7 Å². The molecule has 2 N–H and O–H groups in total. The molecular formula is C12H17NO2. The molecule has 0 amide bonds. The van der Waals surface area contributed by atoms with Crippen molar-refractivity contribution in [3.63, 3.8) is 0 Å². The number of nitrogens with one attached hydrogen (secondary N) is 1. The predicted molar refractivity (Wildman–Crippen MR) is 62.0 cm³/mol. The summed E-state index contributed by atoms with van der Waals surface area (Å²) >= 11 is 0. The summed E-state index contributed by atoms with van der Waals surface area (Å²) < 4.78 is 5.21. The molecule has 0 aromatic heterocycles. The van der Waals surface area contributed by atoms with E-state index in [1.54, 1.807) is 7.11 Å². The van der Waals surface area contributed by atoms with Gasteiger partial charge in [0.15, 0.2) is 0 Å². The van der Waals surface area contributed by atoms with Crippen molar-refractivity contribution in [3.8, 4) is 5.75 Å². The predicted octanol–water partition coefficient (Wildman–Crippen LogP) is 1.29. The molecule has 0 heterocycles. The highest BCUT2D eigenvalue weighted by atomic mass is 16.5. The minimum absolute atomic E-state index is 0.169. The smallest absolute Gasteiger partial charge is 0.126 e. The van der Waals surface area contributed by atoms with E-state index in [4.69, 9.17) is 9.84 Å². The molecular weight excluding hydrogens is 190 g/mol. The monoisotopic (exact) mass is 207 g/mol. The SMILES string of the molecule is COc1ccccc1/C=C/CNCCO. The summed E-state index contributed by atoms with van der Waals surface area (Å²) in [6, 6.07) is 7.85. The van der Waals surface area contributed by atoms with Gasteiger partial charge in [-0.15, -0.1) is 0 Å². The Bertz CT molecular complexity index is 310. The van der Waals surface area contributed by atoms with Gasteiger partial charge in [-0.05, 0) is 6.07 Å². The van der Waals surface area contributed by atoms with Crippen LogP contribution < -0.4 is 10.1 Å². The zero-order chi connectivity index (χ0) is 10.9. The lowest BCUT2D eigenvalue weighted by molar-refractivity contribution is 0.294. The second-order valence-electron chi connectivity index (χ2n) is 3.07. The van der Waals surface area contributed by atoms with Gasteiger partial charge in [-0.3, -0.25) is 0 Å². The van der Waals surface area contributed by atoms with Crippen molar-refractivity contribution in [1.82, 2.24) is 5.32 Å². The molecule has 0 bridgehead atoms. The van der Waals surface area contributed by atoms with E-state index in [2.05, 4.69) is 5.32 Å². The number of aliphatic hydroxyl groups excluding tert-OH is 1. The van der Waals surface area contributed by atoms with Crippen LogP contribution in [0.3, 0.4) is 0 Å². The van der Waals surface area contributed by atoms with E-state index >= 15 is 0 Å². The number of rotatable bonds is 6. The summed E-state index contributed by atoms with van der Waals surface area (Å²) in [7, 11) is 1.66. The van der Waals surface area contributed by atoms with Crippen LogP contribution in [0.25, 0.3) is 6.08 Å².